The van der Waals surface area contributed by atoms with E-state index < -0.39 is 0 Å². The Hall–Kier alpha value is -5.84. The van der Waals surface area contributed by atoms with Crippen LogP contribution >= 0.6 is 11.3 Å². The number of para-hydroxylation sites is 1. The highest BCUT2D eigenvalue weighted by molar-refractivity contribution is 7.26. The maximum absolute atomic E-state index is 5.47. The highest BCUT2D eigenvalue weighted by atomic mass is 32.1. The number of benzene rings is 6. The van der Waals surface area contributed by atoms with Crippen molar-refractivity contribution in [3.63, 3.8) is 0 Å². The van der Waals surface area contributed by atoms with Crippen molar-refractivity contribution in [1.29, 1.82) is 0 Å². The zero-order valence-electron chi connectivity index (χ0n) is 28.3. The third-order valence-electron chi connectivity index (χ3n) is 11.5. The highest BCUT2D eigenvalue weighted by Crippen LogP contribution is 2.55. The van der Waals surface area contributed by atoms with Crippen molar-refractivity contribution >= 4 is 64.2 Å². The van der Waals surface area contributed by atoms with Gasteiger partial charge in [0.05, 0.1) is 22.2 Å². The molecule has 2 aliphatic carbocycles. The van der Waals surface area contributed by atoms with Gasteiger partial charge in [-0.25, -0.2) is 9.97 Å². The summed E-state index contributed by atoms with van der Waals surface area (Å²) in [4.78, 5) is 10.8. The van der Waals surface area contributed by atoms with E-state index in [1.165, 1.54) is 53.2 Å². The van der Waals surface area contributed by atoms with E-state index in [1.54, 1.807) is 0 Å². The van der Waals surface area contributed by atoms with Gasteiger partial charge in [-0.15, -0.1) is 11.3 Å². The molecule has 0 aliphatic heterocycles. The van der Waals surface area contributed by atoms with Crippen molar-refractivity contribution in [2.75, 3.05) is 0 Å². The van der Waals surface area contributed by atoms with Gasteiger partial charge in [-0.2, -0.15) is 0 Å². The average molecular weight is 672 g/mol. The van der Waals surface area contributed by atoms with E-state index in [-0.39, 0.29) is 5.41 Å². The zero-order chi connectivity index (χ0) is 33.8. The smallest absolute Gasteiger partial charge is 0.235 e. The van der Waals surface area contributed by atoms with Crippen LogP contribution in [0.1, 0.15) is 30.9 Å². The fraction of sp³-hybridized carbons (Fsp3) is 0.106. The lowest BCUT2D eigenvalue weighted by molar-refractivity contribution is 0.394. The number of hydrogen-bond donors (Lipinski definition) is 0. The van der Waals surface area contributed by atoms with Gasteiger partial charge < -0.3 is 0 Å². The van der Waals surface area contributed by atoms with Crippen molar-refractivity contribution < 1.29 is 0 Å². The van der Waals surface area contributed by atoms with Crippen LogP contribution in [0.15, 0.2) is 152 Å². The summed E-state index contributed by atoms with van der Waals surface area (Å²) >= 11 is 1.89. The predicted octanol–water partition coefficient (Wildman–Crippen LogP) is 12.5. The van der Waals surface area contributed by atoms with Crippen molar-refractivity contribution in [2.45, 2.75) is 25.2 Å². The summed E-state index contributed by atoms with van der Waals surface area (Å²) < 4.78 is 4.97. The number of allylic oxidation sites excluding steroid dienone is 4. The summed E-state index contributed by atoms with van der Waals surface area (Å²) in [5.74, 6) is 1.49. The molecule has 0 N–H and O–H groups in total. The van der Waals surface area contributed by atoms with Gasteiger partial charge in [-0.05, 0) is 63.9 Å². The second kappa shape index (κ2) is 10.6. The van der Waals surface area contributed by atoms with Crippen LogP contribution in [0.4, 0.5) is 0 Å². The summed E-state index contributed by atoms with van der Waals surface area (Å²) in [5, 5.41) is 6.22. The van der Waals surface area contributed by atoms with Crippen LogP contribution in [0.2, 0.25) is 0 Å². The molecule has 242 valence electrons. The van der Waals surface area contributed by atoms with Gasteiger partial charge in [0.15, 0.2) is 0 Å². The minimum Gasteiger partial charge on any atom is -0.278 e. The Morgan fingerprint density at radius 2 is 1.33 bits per heavy atom. The van der Waals surface area contributed by atoms with Gasteiger partial charge >= 0.3 is 0 Å². The molecule has 0 radical (unpaired) electrons. The molecule has 2 aliphatic rings. The van der Waals surface area contributed by atoms with Crippen LogP contribution in [-0.4, -0.2) is 14.5 Å². The molecule has 11 rings (SSSR count). The minimum absolute atomic E-state index is 0.0143. The number of nitrogens with zero attached hydrogens (tertiary/aromatic N) is 3. The van der Waals surface area contributed by atoms with Gasteiger partial charge in [0, 0.05) is 47.8 Å². The van der Waals surface area contributed by atoms with E-state index in [1.807, 2.05) is 11.3 Å². The lowest BCUT2D eigenvalue weighted by Crippen LogP contribution is -2.24. The maximum Gasteiger partial charge on any atom is 0.235 e. The lowest BCUT2D eigenvalue weighted by atomic mass is 9.74. The van der Waals surface area contributed by atoms with E-state index in [2.05, 4.69) is 170 Å². The van der Waals surface area contributed by atoms with E-state index in [0.29, 0.717) is 17.8 Å². The SMILES string of the molecule is CC1(C)c2cc3c(cc2C2C=CC=CC21)c1c2sc4ccccc4c2ccc1n3-c1nc(-c2ccc(-c3ccccc3)cc2)c2ccccc2n1. The van der Waals surface area contributed by atoms with E-state index >= 15 is 0 Å². The topological polar surface area (TPSA) is 30.7 Å². The molecule has 0 fully saturated rings. The molecule has 0 amide bonds. The monoisotopic (exact) mass is 671 g/mol. The largest absolute Gasteiger partial charge is 0.278 e. The molecule has 2 atom stereocenters. The third kappa shape index (κ3) is 4.11. The molecule has 0 spiro atoms. The molecule has 2 unspecified atom stereocenters. The number of hydrogen-bond acceptors (Lipinski definition) is 3. The first-order valence-electron chi connectivity index (χ1n) is 17.8. The van der Waals surface area contributed by atoms with E-state index in [4.69, 9.17) is 9.97 Å². The molecule has 3 aromatic heterocycles. The molecular formula is C47H33N3S. The molecule has 0 saturated heterocycles. The number of aromatic nitrogens is 3. The maximum atomic E-state index is 5.47. The summed E-state index contributed by atoms with van der Waals surface area (Å²) in [6.45, 7) is 4.82. The van der Waals surface area contributed by atoms with Crippen molar-refractivity contribution in [2.24, 2.45) is 5.92 Å². The first-order chi connectivity index (χ1) is 25.0. The van der Waals surface area contributed by atoms with Crippen molar-refractivity contribution in [3.8, 4) is 28.3 Å². The van der Waals surface area contributed by atoms with E-state index in [9.17, 15) is 0 Å². The van der Waals surface area contributed by atoms with Gasteiger partial charge in [-0.3, -0.25) is 4.57 Å². The predicted molar refractivity (Wildman–Crippen MR) is 215 cm³/mol. The van der Waals surface area contributed by atoms with E-state index in [0.717, 1.165) is 33.2 Å². The first-order valence-corrected chi connectivity index (χ1v) is 18.6. The quantitative estimate of drug-likeness (QED) is 0.187. The molecule has 4 heteroatoms. The van der Waals surface area contributed by atoms with Crippen molar-refractivity contribution in [1.82, 2.24) is 14.5 Å². The van der Waals surface area contributed by atoms with Gasteiger partial charge in [0.1, 0.15) is 0 Å². The van der Waals surface area contributed by atoms with Crippen LogP contribution in [0.5, 0.6) is 0 Å². The average Bonchev–Trinajstić information content (AvgIpc) is 3.79. The fourth-order valence-electron chi connectivity index (χ4n) is 9.00. The minimum atomic E-state index is -0.0143. The van der Waals surface area contributed by atoms with Gasteiger partial charge in [-0.1, -0.05) is 135 Å². The number of fused-ring (bicyclic) bond motifs is 11. The summed E-state index contributed by atoms with van der Waals surface area (Å²) in [6, 6.07) is 46.1. The molecule has 9 aromatic rings. The number of rotatable bonds is 3. The van der Waals surface area contributed by atoms with Crippen LogP contribution < -0.4 is 0 Å². The molecule has 6 aromatic carbocycles. The third-order valence-corrected chi connectivity index (χ3v) is 12.7. The second-order valence-electron chi connectivity index (χ2n) is 14.6. The summed E-state index contributed by atoms with van der Waals surface area (Å²) in [5.41, 5.74) is 10.5. The van der Waals surface area contributed by atoms with Crippen LogP contribution in [0, 0.1) is 5.92 Å². The molecule has 51 heavy (non-hydrogen) atoms. The van der Waals surface area contributed by atoms with Crippen LogP contribution in [0.3, 0.4) is 0 Å². The Kier molecular flexibility index (Phi) is 6.01. The van der Waals surface area contributed by atoms with Crippen LogP contribution in [0.25, 0.3) is 81.2 Å². The summed E-state index contributed by atoms with van der Waals surface area (Å²) in [7, 11) is 0. The van der Waals surface area contributed by atoms with Gasteiger partial charge in [0.2, 0.25) is 5.95 Å². The van der Waals surface area contributed by atoms with Crippen molar-refractivity contribution in [3.05, 3.63) is 163 Å². The Bertz CT molecular complexity index is 2940. The second-order valence-corrected chi connectivity index (χ2v) is 15.7. The highest BCUT2D eigenvalue weighted by Gasteiger charge is 2.45. The van der Waals surface area contributed by atoms with Crippen LogP contribution in [-0.2, 0) is 5.41 Å². The number of thiophene rings is 1. The molecule has 0 bridgehead atoms. The standard InChI is InChI=1S/C47H33N3S/c1-47(2)37-17-9-6-14-31(37)35-26-36-41(27-38(35)47)50(40-25-24-33-32-15-8-11-19-42(32)51-45(33)43(36)40)46-48-39-18-10-7-16-34(39)44(49-46)30-22-20-29(21-23-30)28-12-4-3-5-13-28/h3-27,31,37H,1-2H3. The first kappa shape index (κ1) is 28.9. The Morgan fingerprint density at radius 3 is 2.20 bits per heavy atom. The molecular weight excluding hydrogens is 639 g/mol. The molecule has 3 heterocycles. The Labute approximate surface area is 299 Å². The molecule has 0 saturated carbocycles. The Balaban J connectivity index is 1.22. The van der Waals surface area contributed by atoms with Gasteiger partial charge in [0.25, 0.3) is 0 Å². The normalized spacial score (nSPS) is 17.6. The Morgan fingerprint density at radius 1 is 0.608 bits per heavy atom. The lowest BCUT2D eigenvalue weighted by Gasteiger charge is -2.29. The summed E-state index contributed by atoms with van der Waals surface area (Å²) in [6.07, 6.45) is 9.26. The fourth-order valence-corrected chi connectivity index (χ4v) is 10.3. The zero-order valence-corrected chi connectivity index (χ0v) is 29.2. The molecule has 3 nitrogen and oxygen atoms in total.